The van der Waals surface area contributed by atoms with Crippen LogP contribution in [0.3, 0.4) is 0 Å². The van der Waals surface area contributed by atoms with E-state index in [9.17, 15) is 9.90 Å². The van der Waals surface area contributed by atoms with Crippen molar-refractivity contribution >= 4 is 11.7 Å². The van der Waals surface area contributed by atoms with E-state index in [1.807, 2.05) is 19.9 Å². The summed E-state index contributed by atoms with van der Waals surface area (Å²) in [4.78, 5) is 12.0. The number of aromatic hydroxyl groups is 1. The fourth-order valence-electron chi connectivity index (χ4n) is 1.96. The highest BCUT2D eigenvalue weighted by Crippen LogP contribution is 2.19. The zero-order valence-corrected chi connectivity index (χ0v) is 11.5. The number of carbonyl (C=O) groups excluding carboxylic acids is 1. The molecule has 0 saturated heterocycles. The van der Waals surface area contributed by atoms with E-state index in [0.717, 1.165) is 16.7 Å². The summed E-state index contributed by atoms with van der Waals surface area (Å²) in [5.41, 5.74) is 9.35. The first-order valence-electron chi connectivity index (χ1n) is 6.29. The number of esters is 1. The van der Waals surface area contributed by atoms with Crippen LogP contribution in [0.15, 0.2) is 36.4 Å². The summed E-state index contributed by atoms with van der Waals surface area (Å²) in [5.74, 6) is -0.271. The predicted molar refractivity (Wildman–Crippen MR) is 77.6 cm³/mol. The molecule has 0 bridgehead atoms. The molecule has 2 aromatic carbocycles. The predicted octanol–water partition coefficient (Wildman–Crippen LogP) is 2.95. The first-order valence-corrected chi connectivity index (χ1v) is 6.29. The molecular weight excluding hydrogens is 254 g/mol. The Bertz CT molecular complexity index is 650. The molecule has 0 atom stereocenters. The number of hydrogen-bond acceptors (Lipinski definition) is 4. The maximum Gasteiger partial charge on any atom is 0.338 e. The lowest BCUT2D eigenvalue weighted by molar-refractivity contribution is 0.0471. The second-order valence-electron chi connectivity index (χ2n) is 4.77. The molecule has 0 fully saturated rings. The molecule has 20 heavy (non-hydrogen) atoms. The van der Waals surface area contributed by atoms with Gasteiger partial charge in [-0.05, 0) is 48.7 Å². The minimum Gasteiger partial charge on any atom is -0.508 e. The van der Waals surface area contributed by atoms with Crippen molar-refractivity contribution in [3.05, 3.63) is 58.7 Å². The van der Waals surface area contributed by atoms with Gasteiger partial charge in [-0.2, -0.15) is 0 Å². The summed E-state index contributed by atoms with van der Waals surface area (Å²) in [6.07, 6.45) is 0. The van der Waals surface area contributed by atoms with E-state index in [2.05, 4.69) is 0 Å². The molecule has 0 unspecified atom stereocenters. The molecule has 0 aliphatic rings. The molecule has 4 heteroatoms. The van der Waals surface area contributed by atoms with Crippen LogP contribution in [0.1, 0.15) is 27.0 Å². The Morgan fingerprint density at radius 3 is 2.65 bits per heavy atom. The van der Waals surface area contributed by atoms with Gasteiger partial charge in [0.25, 0.3) is 0 Å². The highest BCUT2D eigenvalue weighted by Gasteiger charge is 2.12. The summed E-state index contributed by atoms with van der Waals surface area (Å²) in [7, 11) is 0. The molecule has 3 N–H and O–H groups in total. The maximum atomic E-state index is 12.0. The van der Waals surface area contributed by atoms with Gasteiger partial charge < -0.3 is 15.6 Å². The second-order valence-corrected chi connectivity index (χ2v) is 4.77. The number of nitrogen functional groups attached to an aromatic ring is 1. The molecule has 0 spiro atoms. The Morgan fingerprint density at radius 1 is 1.20 bits per heavy atom. The van der Waals surface area contributed by atoms with Gasteiger partial charge in [0.1, 0.15) is 12.4 Å². The van der Waals surface area contributed by atoms with Crippen molar-refractivity contribution in [2.45, 2.75) is 20.5 Å². The van der Waals surface area contributed by atoms with Crippen LogP contribution < -0.4 is 5.73 Å². The quantitative estimate of drug-likeness (QED) is 0.665. The van der Waals surface area contributed by atoms with Gasteiger partial charge in [-0.15, -0.1) is 0 Å². The highest BCUT2D eigenvalue weighted by atomic mass is 16.5. The fraction of sp³-hybridized carbons (Fsp3) is 0.188. The van der Waals surface area contributed by atoms with Crippen LogP contribution in [0.2, 0.25) is 0 Å². The van der Waals surface area contributed by atoms with Gasteiger partial charge in [0.05, 0.1) is 5.56 Å². The summed E-state index contributed by atoms with van der Waals surface area (Å²) >= 11 is 0. The van der Waals surface area contributed by atoms with Crippen LogP contribution in [-0.4, -0.2) is 11.1 Å². The topological polar surface area (TPSA) is 72.5 Å². The third kappa shape index (κ3) is 3.09. The molecule has 0 aliphatic heterocycles. The Labute approximate surface area is 117 Å². The lowest BCUT2D eigenvalue weighted by atomic mass is 10.0. The van der Waals surface area contributed by atoms with Crippen LogP contribution >= 0.6 is 0 Å². The van der Waals surface area contributed by atoms with Crippen molar-refractivity contribution in [1.29, 1.82) is 0 Å². The van der Waals surface area contributed by atoms with Gasteiger partial charge in [-0.3, -0.25) is 0 Å². The number of carbonyl (C=O) groups is 1. The van der Waals surface area contributed by atoms with Crippen molar-refractivity contribution in [3.63, 3.8) is 0 Å². The summed E-state index contributed by atoms with van der Waals surface area (Å²) in [5, 5.41) is 9.35. The Hall–Kier alpha value is -2.49. The van der Waals surface area contributed by atoms with E-state index in [0.29, 0.717) is 11.3 Å². The van der Waals surface area contributed by atoms with Crippen LogP contribution in [0.25, 0.3) is 0 Å². The van der Waals surface area contributed by atoms with Crippen molar-refractivity contribution in [3.8, 4) is 5.75 Å². The minimum atomic E-state index is -0.419. The van der Waals surface area contributed by atoms with Gasteiger partial charge in [0, 0.05) is 5.69 Å². The van der Waals surface area contributed by atoms with Crippen LogP contribution in [0.5, 0.6) is 5.75 Å². The Balaban J connectivity index is 2.11. The number of ether oxygens (including phenoxy) is 1. The molecule has 2 rings (SSSR count). The van der Waals surface area contributed by atoms with Gasteiger partial charge in [-0.25, -0.2) is 4.79 Å². The first-order chi connectivity index (χ1) is 9.47. The molecular formula is C16H17NO3. The lowest BCUT2D eigenvalue weighted by Gasteiger charge is -2.10. The second kappa shape index (κ2) is 5.65. The van der Waals surface area contributed by atoms with Crippen LogP contribution in [0.4, 0.5) is 5.69 Å². The van der Waals surface area contributed by atoms with Gasteiger partial charge >= 0.3 is 5.97 Å². The largest absolute Gasteiger partial charge is 0.508 e. The molecule has 0 aromatic heterocycles. The average molecular weight is 271 g/mol. The number of anilines is 1. The number of rotatable bonds is 3. The molecule has 0 aliphatic carbocycles. The smallest absolute Gasteiger partial charge is 0.338 e. The van der Waals surface area contributed by atoms with Crippen LogP contribution in [-0.2, 0) is 11.3 Å². The normalized spacial score (nSPS) is 10.3. The zero-order chi connectivity index (χ0) is 14.7. The van der Waals surface area contributed by atoms with Gasteiger partial charge in [0.15, 0.2) is 0 Å². The molecule has 0 radical (unpaired) electrons. The molecule has 0 amide bonds. The summed E-state index contributed by atoms with van der Waals surface area (Å²) in [6, 6.07) is 10.1. The molecule has 0 heterocycles. The number of phenols is 1. The molecule has 2 aromatic rings. The monoisotopic (exact) mass is 271 g/mol. The van der Waals surface area contributed by atoms with Gasteiger partial charge in [-0.1, -0.05) is 18.2 Å². The number of phenolic OH excluding ortho intramolecular Hbond substituents is 1. The number of nitrogens with two attached hydrogens (primary N) is 1. The lowest BCUT2D eigenvalue weighted by Crippen LogP contribution is -2.08. The SMILES string of the molecule is Cc1cc(C)c(C(=O)OCc2cccc(O)c2)cc1N. The number of benzene rings is 2. The average Bonchev–Trinajstić information content (AvgIpc) is 2.40. The number of aryl methyl sites for hydroxylation is 2. The fourth-order valence-corrected chi connectivity index (χ4v) is 1.96. The first kappa shape index (κ1) is 13.9. The van der Waals surface area contributed by atoms with E-state index in [1.165, 1.54) is 0 Å². The third-order valence-corrected chi connectivity index (χ3v) is 3.11. The van der Waals surface area contributed by atoms with Crippen molar-refractivity contribution < 1.29 is 14.6 Å². The van der Waals surface area contributed by atoms with E-state index in [-0.39, 0.29) is 12.4 Å². The maximum absolute atomic E-state index is 12.0. The summed E-state index contributed by atoms with van der Waals surface area (Å²) < 4.78 is 5.24. The number of hydrogen-bond donors (Lipinski definition) is 2. The zero-order valence-electron chi connectivity index (χ0n) is 11.5. The highest BCUT2D eigenvalue weighted by molar-refractivity contribution is 5.92. The molecule has 4 nitrogen and oxygen atoms in total. The molecule has 104 valence electrons. The third-order valence-electron chi connectivity index (χ3n) is 3.11. The Kier molecular flexibility index (Phi) is 3.94. The standard InChI is InChI=1S/C16H17NO3/c1-10-6-11(2)15(17)8-14(10)16(19)20-9-12-4-3-5-13(18)7-12/h3-8,18H,9,17H2,1-2H3. The van der Waals surface area contributed by atoms with Crippen molar-refractivity contribution in [2.24, 2.45) is 0 Å². The van der Waals surface area contributed by atoms with Crippen molar-refractivity contribution in [1.82, 2.24) is 0 Å². The minimum absolute atomic E-state index is 0.112. The van der Waals surface area contributed by atoms with Gasteiger partial charge in [0.2, 0.25) is 0 Å². The Morgan fingerprint density at radius 2 is 1.95 bits per heavy atom. The van der Waals surface area contributed by atoms with E-state index < -0.39 is 5.97 Å². The van der Waals surface area contributed by atoms with Crippen LogP contribution in [0, 0.1) is 13.8 Å². The van der Waals surface area contributed by atoms with E-state index >= 15 is 0 Å². The van der Waals surface area contributed by atoms with E-state index in [4.69, 9.17) is 10.5 Å². The van der Waals surface area contributed by atoms with E-state index in [1.54, 1.807) is 30.3 Å². The summed E-state index contributed by atoms with van der Waals surface area (Å²) in [6.45, 7) is 3.85. The molecule has 0 saturated carbocycles. The van der Waals surface area contributed by atoms with Crippen molar-refractivity contribution in [2.75, 3.05) is 5.73 Å².